The molecule has 0 amide bonds. The Morgan fingerprint density at radius 3 is 2.68 bits per heavy atom. The summed E-state index contributed by atoms with van der Waals surface area (Å²) in [5.41, 5.74) is 7.04. The number of ether oxygens (including phenoxy) is 1. The number of nitrogen functional groups attached to an aromatic ring is 1. The van der Waals surface area contributed by atoms with Crippen molar-refractivity contribution in [3.8, 4) is 5.75 Å². The highest BCUT2D eigenvalue weighted by Gasteiger charge is 2.06. The van der Waals surface area contributed by atoms with E-state index in [1.165, 1.54) is 0 Å². The molecule has 4 nitrogen and oxygen atoms in total. The number of nitrogens with two attached hydrogens (primary N) is 1. The average molecular weight is 273 g/mol. The number of aromatic nitrogens is 1. The molecule has 19 heavy (non-hydrogen) atoms. The van der Waals surface area contributed by atoms with Crippen LogP contribution in [0.25, 0.3) is 0 Å². The van der Waals surface area contributed by atoms with E-state index in [1.54, 1.807) is 25.1 Å². The molecule has 0 bridgehead atoms. The Kier molecular flexibility index (Phi) is 4.41. The predicted molar refractivity (Wildman–Crippen MR) is 77.8 cm³/mol. The predicted octanol–water partition coefficient (Wildman–Crippen LogP) is 2.67. The van der Waals surface area contributed by atoms with Crippen LogP contribution in [0.15, 0.2) is 47.5 Å². The second kappa shape index (κ2) is 6.24. The molecule has 1 aromatic heterocycles. The minimum atomic E-state index is 0.00549. The first-order valence-electron chi connectivity index (χ1n) is 5.76. The minimum Gasteiger partial charge on any atom is -0.497 e. The molecule has 1 heterocycles. The Balaban J connectivity index is 2.07. The molecule has 0 fully saturated rings. The monoisotopic (exact) mass is 273 g/mol. The van der Waals surface area contributed by atoms with Crippen molar-refractivity contribution in [2.24, 2.45) is 5.73 Å². The van der Waals surface area contributed by atoms with Gasteiger partial charge in [-0.15, -0.1) is 11.8 Å². The Hall–Kier alpha value is -2.01. The van der Waals surface area contributed by atoms with Crippen LogP contribution in [-0.2, 0) is 5.75 Å². The molecular weight excluding hydrogens is 258 g/mol. The molecule has 2 aromatic rings. The van der Waals surface area contributed by atoms with Crippen molar-refractivity contribution in [2.45, 2.75) is 10.6 Å². The summed E-state index contributed by atoms with van der Waals surface area (Å²) in [4.78, 5) is 5.27. The Morgan fingerprint density at radius 2 is 2.05 bits per heavy atom. The lowest BCUT2D eigenvalue weighted by Gasteiger charge is -2.07. The van der Waals surface area contributed by atoms with Crippen molar-refractivity contribution in [2.75, 3.05) is 7.11 Å². The van der Waals surface area contributed by atoms with Crippen LogP contribution in [0.1, 0.15) is 11.3 Å². The van der Waals surface area contributed by atoms with Crippen LogP contribution in [0, 0.1) is 5.41 Å². The molecule has 0 aliphatic rings. The van der Waals surface area contributed by atoms with Crippen LogP contribution in [0.2, 0.25) is 0 Å². The van der Waals surface area contributed by atoms with Crippen LogP contribution in [0.4, 0.5) is 0 Å². The van der Waals surface area contributed by atoms with Gasteiger partial charge in [-0.1, -0.05) is 6.07 Å². The number of amidine groups is 1. The molecule has 0 unspecified atom stereocenters. The number of hydrogen-bond acceptors (Lipinski definition) is 4. The summed E-state index contributed by atoms with van der Waals surface area (Å²) in [5.74, 6) is 1.58. The van der Waals surface area contributed by atoms with Gasteiger partial charge in [-0.2, -0.15) is 0 Å². The second-order valence-electron chi connectivity index (χ2n) is 3.89. The first kappa shape index (κ1) is 13.4. The molecule has 5 heteroatoms. The summed E-state index contributed by atoms with van der Waals surface area (Å²) >= 11 is 1.68. The summed E-state index contributed by atoms with van der Waals surface area (Å²) in [6, 6.07) is 11.7. The Morgan fingerprint density at radius 1 is 1.32 bits per heavy atom. The lowest BCUT2D eigenvalue weighted by molar-refractivity contribution is 0.414. The highest BCUT2D eigenvalue weighted by Crippen LogP contribution is 2.25. The fraction of sp³-hybridized carbons (Fsp3) is 0.143. The number of benzene rings is 1. The van der Waals surface area contributed by atoms with Gasteiger partial charge >= 0.3 is 0 Å². The Bertz CT molecular complexity index is 569. The molecule has 2 rings (SSSR count). The molecule has 98 valence electrons. The molecule has 0 aliphatic carbocycles. The summed E-state index contributed by atoms with van der Waals surface area (Å²) in [6.07, 6.45) is 1.65. The quantitative estimate of drug-likeness (QED) is 0.499. The number of rotatable bonds is 5. The van der Waals surface area contributed by atoms with Gasteiger partial charge in [0.05, 0.1) is 7.11 Å². The molecule has 0 atom stereocenters. The maximum Gasteiger partial charge on any atom is 0.142 e. The SMILES string of the molecule is COc1ccc(SCc2cccnc2C(=N)N)cc1. The van der Waals surface area contributed by atoms with E-state index >= 15 is 0 Å². The van der Waals surface area contributed by atoms with Crippen LogP contribution in [-0.4, -0.2) is 17.9 Å². The first-order valence-corrected chi connectivity index (χ1v) is 6.74. The van der Waals surface area contributed by atoms with E-state index in [-0.39, 0.29) is 5.84 Å². The van der Waals surface area contributed by atoms with Crippen molar-refractivity contribution < 1.29 is 4.74 Å². The first-order chi connectivity index (χ1) is 9.20. The van der Waals surface area contributed by atoms with Crippen LogP contribution < -0.4 is 10.5 Å². The molecule has 1 aromatic carbocycles. The minimum absolute atomic E-state index is 0.00549. The van der Waals surface area contributed by atoms with E-state index in [1.807, 2.05) is 36.4 Å². The van der Waals surface area contributed by atoms with E-state index in [4.69, 9.17) is 15.9 Å². The average Bonchev–Trinajstić information content (AvgIpc) is 2.46. The maximum absolute atomic E-state index is 7.50. The third-order valence-corrected chi connectivity index (χ3v) is 3.66. The van der Waals surface area contributed by atoms with Crippen LogP contribution in [0.3, 0.4) is 0 Å². The van der Waals surface area contributed by atoms with Gasteiger partial charge in [-0.25, -0.2) is 0 Å². The summed E-state index contributed by atoms with van der Waals surface area (Å²) < 4.78 is 5.12. The summed E-state index contributed by atoms with van der Waals surface area (Å²) in [7, 11) is 1.65. The Labute approximate surface area is 116 Å². The molecule has 0 saturated carbocycles. The van der Waals surface area contributed by atoms with Crippen molar-refractivity contribution in [3.05, 3.63) is 53.9 Å². The second-order valence-corrected chi connectivity index (χ2v) is 4.94. The molecule has 0 radical (unpaired) electrons. The van der Waals surface area contributed by atoms with Crippen molar-refractivity contribution >= 4 is 17.6 Å². The van der Waals surface area contributed by atoms with Gasteiger partial charge in [0.15, 0.2) is 0 Å². The smallest absolute Gasteiger partial charge is 0.142 e. The van der Waals surface area contributed by atoms with Gasteiger partial charge in [0.25, 0.3) is 0 Å². The molecule has 3 N–H and O–H groups in total. The van der Waals surface area contributed by atoms with Gasteiger partial charge in [-0.3, -0.25) is 10.4 Å². The van der Waals surface area contributed by atoms with Crippen molar-refractivity contribution in [3.63, 3.8) is 0 Å². The lowest BCUT2D eigenvalue weighted by Crippen LogP contribution is -2.15. The third-order valence-electron chi connectivity index (χ3n) is 2.60. The van der Waals surface area contributed by atoms with E-state index in [0.29, 0.717) is 5.69 Å². The molecule has 0 saturated heterocycles. The number of pyridine rings is 1. The zero-order chi connectivity index (χ0) is 13.7. The van der Waals surface area contributed by atoms with E-state index in [2.05, 4.69) is 4.98 Å². The van der Waals surface area contributed by atoms with Gasteiger partial charge < -0.3 is 10.5 Å². The van der Waals surface area contributed by atoms with Gasteiger partial charge in [0.2, 0.25) is 0 Å². The van der Waals surface area contributed by atoms with E-state index in [0.717, 1.165) is 22.0 Å². The van der Waals surface area contributed by atoms with E-state index < -0.39 is 0 Å². The number of hydrogen-bond donors (Lipinski definition) is 2. The molecule has 0 aliphatic heterocycles. The fourth-order valence-electron chi connectivity index (χ4n) is 1.63. The third kappa shape index (κ3) is 3.48. The standard InChI is InChI=1S/C14H15N3OS/c1-18-11-4-6-12(7-5-11)19-9-10-3-2-8-17-13(10)14(15)16/h2-8H,9H2,1H3,(H3,15,16). The summed E-state index contributed by atoms with van der Waals surface area (Å²) in [5, 5.41) is 7.50. The molecule has 0 spiro atoms. The lowest BCUT2D eigenvalue weighted by atomic mass is 10.2. The van der Waals surface area contributed by atoms with Crippen molar-refractivity contribution in [1.82, 2.24) is 4.98 Å². The largest absolute Gasteiger partial charge is 0.497 e. The topological polar surface area (TPSA) is 72.0 Å². The highest BCUT2D eigenvalue weighted by atomic mass is 32.2. The van der Waals surface area contributed by atoms with Gasteiger partial charge in [0.1, 0.15) is 17.3 Å². The zero-order valence-electron chi connectivity index (χ0n) is 10.6. The van der Waals surface area contributed by atoms with Gasteiger partial charge in [-0.05, 0) is 35.9 Å². The zero-order valence-corrected chi connectivity index (χ0v) is 11.4. The normalized spacial score (nSPS) is 10.2. The number of thioether (sulfide) groups is 1. The number of nitrogens with zero attached hydrogens (tertiary/aromatic N) is 1. The summed E-state index contributed by atoms with van der Waals surface area (Å²) in [6.45, 7) is 0. The highest BCUT2D eigenvalue weighted by molar-refractivity contribution is 7.98. The van der Waals surface area contributed by atoms with Gasteiger partial charge in [0, 0.05) is 16.8 Å². The number of methoxy groups -OCH3 is 1. The maximum atomic E-state index is 7.50. The van der Waals surface area contributed by atoms with E-state index in [9.17, 15) is 0 Å². The molecular formula is C14H15N3OS. The van der Waals surface area contributed by atoms with Crippen LogP contribution in [0.5, 0.6) is 5.75 Å². The van der Waals surface area contributed by atoms with Crippen molar-refractivity contribution in [1.29, 1.82) is 5.41 Å². The fourth-order valence-corrected chi connectivity index (χ4v) is 2.51. The van der Waals surface area contributed by atoms with Crippen LogP contribution >= 0.6 is 11.8 Å². The number of nitrogens with one attached hydrogen (secondary N) is 1.